The summed E-state index contributed by atoms with van der Waals surface area (Å²) in [7, 11) is 0. The Morgan fingerprint density at radius 3 is 1.94 bits per heavy atom. The molecule has 0 aliphatic carbocycles. The summed E-state index contributed by atoms with van der Waals surface area (Å²) in [4.78, 5) is 15.6. The lowest BCUT2D eigenvalue weighted by Gasteiger charge is -2.13. The molecule has 0 unspecified atom stereocenters. The van der Waals surface area contributed by atoms with Crippen LogP contribution in [0.25, 0.3) is 93.0 Å². The minimum absolute atomic E-state index is 0.904. The second-order valence-electron chi connectivity index (χ2n) is 12.5. The van der Waals surface area contributed by atoms with Gasteiger partial charge < -0.3 is 0 Å². The zero-order valence-corrected chi connectivity index (χ0v) is 27.7. The number of aromatic nitrogens is 4. The molecule has 0 spiro atoms. The van der Waals surface area contributed by atoms with E-state index < -0.39 is 0 Å². The number of para-hydroxylation sites is 3. The molecule has 0 amide bonds. The quantitative estimate of drug-likeness (QED) is 0.173. The highest BCUT2D eigenvalue weighted by atomic mass is 32.1. The molecule has 4 nitrogen and oxygen atoms in total. The molecule has 0 radical (unpaired) electrons. The van der Waals surface area contributed by atoms with Crippen molar-refractivity contribution in [2.75, 3.05) is 0 Å². The molecule has 234 valence electrons. The Morgan fingerprint density at radius 1 is 0.440 bits per heavy atom. The fraction of sp³-hybridized carbons (Fsp3) is 0. The molecule has 10 rings (SSSR count). The van der Waals surface area contributed by atoms with E-state index in [2.05, 4.69) is 162 Å². The molecular weight excluding hydrogens is 629 g/mol. The van der Waals surface area contributed by atoms with Gasteiger partial charge in [-0.15, -0.1) is 11.3 Å². The van der Waals surface area contributed by atoms with Crippen LogP contribution in [-0.2, 0) is 0 Å². The van der Waals surface area contributed by atoms with Gasteiger partial charge in [0.15, 0.2) is 0 Å². The Morgan fingerprint density at radius 2 is 1.12 bits per heavy atom. The lowest BCUT2D eigenvalue weighted by Crippen LogP contribution is -1.97. The highest BCUT2D eigenvalue weighted by Gasteiger charge is 2.21. The predicted molar refractivity (Wildman–Crippen MR) is 209 cm³/mol. The normalized spacial score (nSPS) is 11.6. The lowest BCUT2D eigenvalue weighted by atomic mass is 9.96. The van der Waals surface area contributed by atoms with E-state index in [-0.39, 0.29) is 0 Å². The minimum Gasteiger partial charge on any atom is -0.292 e. The fourth-order valence-corrected chi connectivity index (χ4v) is 8.02. The first-order chi connectivity index (χ1) is 24.8. The smallest absolute Gasteiger partial charge is 0.145 e. The summed E-state index contributed by atoms with van der Waals surface area (Å²) in [6.45, 7) is 0. The maximum atomic E-state index is 5.42. The zero-order chi connectivity index (χ0) is 33.0. The van der Waals surface area contributed by atoms with Crippen LogP contribution in [0.15, 0.2) is 170 Å². The summed E-state index contributed by atoms with van der Waals surface area (Å²) < 4.78 is 3.47. The van der Waals surface area contributed by atoms with Gasteiger partial charge in [0.25, 0.3) is 0 Å². The molecule has 0 N–H and O–H groups in total. The van der Waals surface area contributed by atoms with Gasteiger partial charge in [0.1, 0.15) is 10.8 Å². The second-order valence-corrected chi connectivity index (χ2v) is 13.5. The molecule has 0 saturated carbocycles. The van der Waals surface area contributed by atoms with E-state index in [1.165, 1.54) is 4.70 Å². The number of hydrogen-bond donors (Lipinski definition) is 0. The Balaban J connectivity index is 1.16. The van der Waals surface area contributed by atoms with E-state index in [0.717, 1.165) is 88.3 Å². The van der Waals surface area contributed by atoms with Gasteiger partial charge in [0.2, 0.25) is 0 Å². The molecule has 0 fully saturated rings. The predicted octanol–water partition coefficient (Wildman–Crippen LogP) is 12.0. The molecule has 3 heterocycles. The summed E-state index contributed by atoms with van der Waals surface area (Å²) >= 11 is 1.73. The van der Waals surface area contributed by atoms with Gasteiger partial charge >= 0.3 is 0 Å². The average molecular weight is 657 g/mol. The molecule has 0 atom stereocenters. The number of benzene rings is 7. The SMILES string of the molecule is c1ccc(-c2nc3c4c(-c5ccc(-c6cccc(-c7nc8ccccc8s7)c6)cc5)nc5ccccc5c4ccc3n2-c2ccccc2)cc1. The van der Waals surface area contributed by atoms with Crippen LogP contribution >= 0.6 is 11.3 Å². The van der Waals surface area contributed by atoms with Crippen molar-refractivity contribution in [2.45, 2.75) is 0 Å². The third kappa shape index (κ3) is 4.71. The number of rotatable bonds is 5. The third-order valence-corrected chi connectivity index (χ3v) is 10.5. The largest absolute Gasteiger partial charge is 0.292 e. The summed E-state index contributed by atoms with van der Waals surface area (Å²) in [5.41, 5.74) is 11.5. The van der Waals surface area contributed by atoms with Crippen molar-refractivity contribution >= 4 is 54.3 Å². The highest BCUT2D eigenvalue weighted by Crippen LogP contribution is 2.40. The van der Waals surface area contributed by atoms with E-state index in [1.807, 2.05) is 12.1 Å². The van der Waals surface area contributed by atoms with E-state index in [4.69, 9.17) is 15.0 Å². The molecule has 50 heavy (non-hydrogen) atoms. The zero-order valence-electron chi connectivity index (χ0n) is 26.9. The van der Waals surface area contributed by atoms with Gasteiger partial charge in [0, 0.05) is 33.2 Å². The summed E-state index contributed by atoms with van der Waals surface area (Å²) in [6.07, 6.45) is 0. The molecule has 5 heteroatoms. The Hall–Kier alpha value is -6.43. The van der Waals surface area contributed by atoms with Crippen LogP contribution in [0.4, 0.5) is 0 Å². The van der Waals surface area contributed by atoms with Crippen molar-refractivity contribution in [3.63, 3.8) is 0 Å². The highest BCUT2D eigenvalue weighted by molar-refractivity contribution is 7.21. The van der Waals surface area contributed by atoms with Gasteiger partial charge in [-0.25, -0.2) is 15.0 Å². The number of thiazole rings is 1. The van der Waals surface area contributed by atoms with E-state index in [0.29, 0.717) is 0 Å². The maximum absolute atomic E-state index is 5.42. The van der Waals surface area contributed by atoms with Crippen molar-refractivity contribution in [3.05, 3.63) is 170 Å². The van der Waals surface area contributed by atoms with Crippen LogP contribution in [0.1, 0.15) is 0 Å². The second kappa shape index (κ2) is 11.6. The Bertz CT molecular complexity index is 2820. The van der Waals surface area contributed by atoms with Gasteiger partial charge in [0.05, 0.1) is 32.5 Å². The summed E-state index contributed by atoms with van der Waals surface area (Å²) in [6, 6.07) is 59.6. The number of pyridine rings is 1. The molecule has 0 aliphatic rings. The van der Waals surface area contributed by atoms with E-state index in [1.54, 1.807) is 11.3 Å². The van der Waals surface area contributed by atoms with E-state index >= 15 is 0 Å². The molecule has 3 aromatic heterocycles. The van der Waals surface area contributed by atoms with Crippen LogP contribution in [0, 0.1) is 0 Å². The fourth-order valence-electron chi connectivity index (χ4n) is 7.06. The summed E-state index contributed by atoms with van der Waals surface area (Å²) in [5.74, 6) is 0.904. The first kappa shape index (κ1) is 28.6. The van der Waals surface area contributed by atoms with Crippen molar-refractivity contribution in [1.82, 2.24) is 19.5 Å². The molecule has 7 aromatic carbocycles. The van der Waals surface area contributed by atoms with Crippen molar-refractivity contribution in [1.29, 1.82) is 0 Å². The molecule has 0 aliphatic heterocycles. The number of fused-ring (bicyclic) bond motifs is 6. The van der Waals surface area contributed by atoms with Crippen LogP contribution < -0.4 is 0 Å². The van der Waals surface area contributed by atoms with Gasteiger partial charge in [-0.05, 0) is 59.0 Å². The lowest BCUT2D eigenvalue weighted by molar-refractivity contribution is 1.10. The molecule has 0 saturated heterocycles. The topological polar surface area (TPSA) is 43.6 Å². The van der Waals surface area contributed by atoms with Gasteiger partial charge in [-0.3, -0.25) is 4.57 Å². The molecule has 0 bridgehead atoms. The van der Waals surface area contributed by atoms with Crippen molar-refractivity contribution < 1.29 is 0 Å². The number of imidazole rings is 1. The van der Waals surface area contributed by atoms with Gasteiger partial charge in [-0.2, -0.15) is 0 Å². The third-order valence-electron chi connectivity index (χ3n) is 9.43. The minimum atomic E-state index is 0.904. The van der Waals surface area contributed by atoms with Crippen molar-refractivity contribution in [2.24, 2.45) is 0 Å². The van der Waals surface area contributed by atoms with Crippen LogP contribution in [-0.4, -0.2) is 19.5 Å². The monoisotopic (exact) mass is 656 g/mol. The number of nitrogens with zero attached hydrogens (tertiary/aromatic N) is 4. The summed E-state index contributed by atoms with van der Waals surface area (Å²) in [5, 5.41) is 4.35. The first-order valence-corrected chi connectivity index (χ1v) is 17.5. The van der Waals surface area contributed by atoms with Gasteiger partial charge in [-0.1, -0.05) is 127 Å². The van der Waals surface area contributed by atoms with Crippen molar-refractivity contribution in [3.8, 4) is 50.0 Å². The Kier molecular flexibility index (Phi) is 6.64. The average Bonchev–Trinajstić information content (AvgIpc) is 3.81. The first-order valence-electron chi connectivity index (χ1n) is 16.7. The van der Waals surface area contributed by atoms with Crippen LogP contribution in [0.3, 0.4) is 0 Å². The van der Waals surface area contributed by atoms with Crippen LogP contribution in [0.5, 0.6) is 0 Å². The number of hydrogen-bond acceptors (Lipinski definition) is 4. The molecular formula is C45H28N4S. The standard InChI is InChI=1S/C45H28N4S/c1-3-12-31(13-4-1)44-48-43-39(49(44)34-16-5-2-6-17-34)27-26-36-35-18-7-8-19-37(35)46-42(41(36)43)30-24-22-29(23-25-30)32-14-11-15-33(28-32)45-47-38-20-9-10-21-40(38)50-45/h1-28H. The maximum Gasteiger partial charge on any atom is 0.145 e. The van der Waals surface area contributed by atoms with Crippen LogP contribution in [0.2, 0.25) is 0 Å². The van der Waals surface area contributed by atoms with E-state index in [9.17, 15) is 0 Å². The Labute approximate surface area is 292 Å². The molecule has 10 aromatic rings.